The van der Waals surface area contributed by atoms with Crippen LogP contribution in [0, 0.1) is 5.82 Å². The van der Waals surface area contributed by atoms with E-state index in [1.165, 1.54) is 18.2 Å². The van der Waals surface area contributed by atoms with Crippen molar-refractivity contribution in [1.29, 1.82) is 0 Å². The second-order valence-corrected chi connectivity index (χ2v) is 9.14. The molecule has 0 radical (unpaired) electrons. The van der Waals surface area contributed by atoms with E-state index in [0.717, 1.165) is 11.1 Å². The Balaban J connectivity index is 1.70. The van der Waals surface area contributed by atoms with Crippen molar-refractivity contribution >= 4 is 23.3 Å². The van der Waals surface area contributed by atoms with Gasteiger partial charge in [0, 0.05) is 49.8 Å². The minimum absolute atomic E-state index is 0.158. The Morgan fingerprint density at radius 3 is 2.76 bits per heavy atom. The van der Waals surface area contributed by atoms with Crippen molar-refractivity contribution in [3.8, 4) is 11.1 Å². The van der Waals surface area contributed by atoms with Crippen LogP contribution in [0.5, 0.6) is 0 Å². The summed E-state index contributed by atoms with van der Waals surface area (Å²) in [5.41, 5.74) is 3.19. The molecular weight excluding hydrogens is 459 g/mol. The van der Waals surface area contributed by atoms with Crippen LogP contribution >= 0.6 is 11.6 Å². The molecule has 1 unspecified atom stereocenters. The Labute approximate surface area is 203 Å². The van der Waals surface area contributed by atoms with E-state index < -0.39 is 5.82 Å². The van der Waals surface area contributed by atoms with Crippen LogP contribution in [0.3, 0.4) is 0 Å². The third kappa shape index (κ3) is 5.09. The van der Waals surface area contributed by atoms with Crippen LogP contribution in [0.25, 0.3) is 11.1 Å². The van der Waals surface area contributed by atoms with Crippen molar-refractivity contribution in [1.82, 2.24) is 14.5 Å². The molecule has 0 bridgehead atoms. The number of pyridine rings is 1. The number of aliphatic hydroxyl groups excluding tert-OH is 1. The molecule has 3 heterocycles. The Morgan fingerprint density at radius 1 is 1.26 bits per heavy atom. The average molecular weight is 487 g/mol. The maximum absolute atomic E-state index is 13.9. The van der Waals surface area contributed by atoms with Gasteiger partial charge in [-0.2, -0.15) is 0 Å². The first kappa shape index (κ1) is 24.2. The molecule has 1 aliphatic heterocycles. The number of nitrogens with zero attached hydrogens (tertiary/aromatic N) is 3. The molecule has 1 amide bonds. The van der Waals surface area contributed by atoms with Crippen LogP contribution in [0.2, 0.25) is 5.02 Å². The van der Waals surface area contributed by atoms with Crippen LogP contribution in [-0.2, 0) is 24.4 Å². The van der Waals surface area contributed by atoms with Crippen molar-refractivity contribution in [2.24, 2.45) is 0 Å². The van der Waals surface area contributed by atoms with E-state index in [9.17, 15) is 14.3 Å². The second kappa shape index (κ2) is 10.1. The molecule has 3 aromatic rings. The number of rotatable bonds is 7. The van der Waals surface area contributed by atoms with Gasteiger partial charge in [-0.3, -0.25) is 4.79 Å². The normalized spacial score (nSPS) is 16.0. The summed E-state index contributed by atoms with van der Waals surface area (Å²) in [4.78, 5) is 19.5. The molecule has 0 saturated carbocycles. The molecule has 34 heavy (non-hydrogen) atoms. The zero-order valence-electron chi connectivity index (χ0n) is 19.4. The van der Waals surface area contributed by atoms with E-state index in [-0.39, 0.29) is 31.2 Å². The van der Waals surface area contributed by atoms with Crippen molar-refractivity contribution in [2.75, 3.05) is 19.0 Å². The lowest BCUT2D eigenvalue weighted by Gasteiger charge is -2.24. The lowest BCUT2D eigenvalue weighted by molar-refractivity contribution is 0.0468. The second-order valence-electron chi connectivity index (χ2n) is 8.73. The number of ether oxygens (including phenoxy) is 1. The van der Waals surface area contributed by atoms with Gasteiger partial charge >= 0.3 is 0 Å². The number of hydrogen-bond donors (Lipinski definition) is 2. The van der Waals surface area contributed by atoms with Gasteiger partial charge in [0.2, 0.25) is 0 Å². The molecule has 0 fully saturated rings. The Kier molecular flexibility index (Phi) is 7.21. The van der Waals surface area contributed by atoms with E-state index in [1.807, 2.05) is 36.7 Å². The third-order valence-corrected chi connectivity index (χ3v) is 6.16. The summed E-state index contributed by atoms with van der Waals surface area (Å²) in [5, 5.41) is 13.4. The number of aromatic nitrogens is 2. The monoisotopic (exact) mass is 486 g/mol. The predicted octanol–water partition coefficient (Wildman–Crippen LogP) is 4.33. The molecule has 7 nitrogen and oxygen atoms in total. The molecular formula is C25H28ClFN4O3. The maximum Gasteiger partial charge on any atom is 0.270 e. The SMILES string of the molecule is COC1CN(Cc2cc(F)ccc2CO)C(=O)c2cc(-c3cc(NC(C)C)ncc3Cl)cn2C1. The largest absolute Gasteiger partial charge is 0.392 e. The molecule has 1 aliphatic rings. The van der Waals surface area contributed by atoms with Crippen molar-refractivity contribution < 1.29 is 19.0 Å². The van der Waals surface area contributed by atoms with Gasteiger partial charge in [-0.1, -0.05) is 17.7 Å². The minimum Gasteiger partial charge on any atom is -0.392 e. The lowest BCUT2D eigenvalue weighted by Crippen LogP contribution is -2.36. The number of nitrogens with one attached hydrogen (secondary N) is 1. The van der Waals surface area contributed by atoms with Gasteiger partial charge in [-0.15, -0.1) is 0 Å². The van der Waals surface area contributed by atoms with Crippen molar-refractivity contribution in [2.45, 2.75) is 45.7 Å². The number of methoxy groups -OCH3 is 1. The van der Waals surface area contributed by atoms with Gasteiger partial charge in [0.25, 0.3) is 5.91 Å². The fourth-order valence-corrected chi connectivity index (χ4v) is 4.39. The first-order valence-corrected chi connectivity index (χ1v) is 11.5. The van der Waals surface area contributed by atoms with E-state index in [0.29, 0.717) is 40.8 Å². The van der Waals surface area contributed by atoms with E-state index in [4.69, 9.17) is 16.3 Å². The predicted molar refractivity (Wildman–Crippen MR) is 129 cm³/mol. The number of anilines is 1. The summed E-state index contributed by atoms with van der Waals surface area (Å²) >= 11 is 6.46. The minimum atomic E-state index is -0.415. The molecule has 4 rings (SSSR count). The van der Waals surface area contributed by atoms with Crippen LogP contribution < -0.4 is 5.32 Å². The third-order valence-electron chi connectivity index (χ3n) is 5.86. The van der Waals surface area contributed by atoms with Crippen LogP contribution in [-0.4, -0.2) is 51.3 Å². The van der Waals surface area contributed by atoms with Gasteiger partial charge < -0.3 is 24.6 Å². The van der Waals surface area contributed by atoms with Gasteiger partial charge in [0.15, 0.2) is 0 Å². The number of carbonyl (C=O) groups is 1. The zero-order chi connectivity index (χ0) is 24.4. The fraction of sp³-hybridized carbons (Fsp3) is 0.360. The van der Waals surface area contributed by atoms with E-state index >= 15 is 0 Å². The molecule has 2 N–H and O–H groups in total. The maximum atomic E-state index is 13.9. The average Bonchev–Trinajstić information content (AvgIpc) is 3.17. The number of fused-ring (bicyclic) bond motifs is 1. The molecule has 0 saturated heterocycles. The van der Waals surface area contributed by atoms with E-state index in [2.05, 4.69) is 10.3 Å². The fourth-order valence-electron chi connectivity index (χ4n) is 4.18. The quantitative estimate of drug-likeness (QED) is 0.519. The Bertz CT molecular complexity index is 1200. The molecule has 1 aromatic carbocycles. The summed E-state index contributed by atoms with van der Waals surface area (Å²) in [6.07, 6.45) is 3.23. The van der Waals surface area contributed by atoms with Crippen LogP contribution in [0.4, 0.5) is 10.2 Å². The van der Waals surface area contributed by atoms with Gasteiger partial charge in [-0.25, -0.2) is 9.37 Å². The van der Waals surface area contributed by atoms with Crippen LogP contribution in [0.1, 0.15) is 35.5 Å². The van der Waals surface area contributed by atoms with Gasteiger partial charge in [0.05, 0.1) is 24.3 Å². The highest BCUT2D eigenvalue weighted by Gasteiger charge is 2.29. The molecule has 1 atom stereocenters. The topological polar surface area (TPSA) is 79.6 Å². The summed E-state index contributed by atoms with van der Waals surface area (Å²) in [7, 11) is 1.60. The highest BCUT2D eigenvalue weighted by molar-refractivity contribution is 6.33. The number of hydrogen-bond acceptors (Lipinski definition) is 5. The number of carbonyl (C=O) groups excluding carboxylic acids is 1. The molecule has 180 valence electrons. The highest BCUT2D eigenvalue weighted by atomic mass is 35.5. The van der Waals surface area contributed by atoms with Gasteiger partial charge in [0.1, 0.15) is 17.3 Å². The van der Waals surface area contributed by atoms with Gasteiger partial charge in [-0.05, 0) is 49.2 Å². The lowest BCUT2D eigenvalue weighted by atomic mass is 10.1. The summed E-state index contributed by atoms with van der Waals surface area (Å²) < 4.78 is 21.4. The number of amides is 1. The van der Waals surface area contributed by atoms with E-state index in [1.54, 1.807) is 18.2 Å². The number of halogens is 2. The molecule has 9 heteroatoms. The van der Waals surface area contributed by atoms with Crippen molar-refractivity contribution in [3.63, 3.8) is 0 Å². The first-order chi connectivity index (χ1) is 16.3. The van der Waals surface area contributed by atoms with Crippen molar-refractivity contribution in [3.05, 3.63) is 70.4 Å². The summed E-state index contributed by atoms with van der Waals surface area (Å²) in [6.45, 7) is 4.78. The smallest absolute Gasteiger partial charge is 0.270 e. The summed E-state index contributed by atoms with van der Waals surface area (Å²) in [5.74, 6) is 0.0763. The zero-order valence-corrected chi connectivity index (χ0v) is 20.1. The molecule has 0 aliphatic carbocycles. The van der Waals surface area contributed by atoms with Crippen LogP contribution in [0.15, 0.2) is 42.7 Å². The first-order valence-electron chi connectivity index (χ1n) is 11.1. The number of aliphatic hydroxyl groups is 1. The highest BCUT2D eigenvalue weighted by Crippen LogP contribution is 2.32. The molecule has 2 aromatic heterocycles. The summed E-state index contributed by atoms with van der Waals surface area (Å²) in [6, 6.07) is 8.08. The Morgan fingerprint density at radius 2 is 2.06 bits per heavy atom. The molecule has 0 spiro atoms. The Hall–Kier alpha value is -2.94. The number of benzene rings is 1. The standard InChI is InChI=1S/C25H28ClFN4O3/c1-15(2)29-24-8-21(22(26)9-28-24)18-7-23-25(33)31(13-20(34-3)12-30(23)11-18)10-17-6-19(27)5-4-16(17)14-32/h4-9,11,15,20,32H,10,12-14H2,1-3H3,(H,28,29).